The van der Waals surface area contributed by atoms with E-state index in [1.54, 1.807) is 18.2 Å². The van der Waals surface area contributed by atoms with Gasteiger partial charge in [-0.15, -0.1) is 0 Å². The summed E-state index contributed by atoms with van der Waals surface area (Å²) in [7, 11) is 0. The molecule has 72 valence electrons. The highest BCUT2D eigenvalue weighted by atomic mass is 16.3. The second-order valence-corrected chi connectivity index (χ2v) is 3.05. The number of nitrogens with two attached hydrogens (primary N) is 2. The van der Waals surface area contributed by atoms with E-state index < -0.39 is 6.10 Å². The molecule has 0 saturated carbocycles. The molecule has 0 aliphatic carbocycles. The molecule has 0 aromatic heterocycles. The van der Waals surface area contributed by atoms with Crippen LogP contribution >= 0.6 is 0 Å². The smallest absolute Gasteiger partial charge is 0.0811 e. The van der Waals surface area contributed by atoms with Crippen LogP contribution in [-0.2, 0) is 6.42 Å². The van der Waals surface area contributed by atoms with Gasteiger partial charge in [0.1, 0.15) is 0 Å². The molecule has 13 heavy (non-hydrogen) atoms. The second kappa shape index (κ2) is 4.11. The summed E-state index contributed by atoms with van der Waals surface area (Å²) in [6, 6.07) is 5.11. The number of hydrogen-bond acceptors (Lipinski definition) is 4. The summed E-state index contributed by atoms with van der Waals surface area (Å²) in [5.41, 5.74) is 13.1. The van der Waals surface area contributed by atoms with E-state index in [4.69, 9.17) is 21.7 Å². The Labute approximate surface area is 76.8 Å². The Morgan fingerprint density at radius 2 is 1.69 bits per heavy atom. The fourth-order valence-corrected chi connectivity index (χ4v) is 1.20. The highest BCUT2D eigenvalue weighted by Gasteiger charge is 2.04. The van der Waals surface area contributed by atoms with Gasteiger partial charge < -0.3 is 21.7 Å². The number of nitrogen functional groups attached to an aromatic ring is 2. The van der Waals surface area contributed by atoms with Crippen molar-refractivity contribution in [3.63, 3.8) is 0 Å². The predicted molar refractivity (Wildman–Crippen MR) is 52.1 cm³/mol. The Kier molecular flexibility index (Phi) is 3.11. The zero-order chi connectivity index (χ0) is 9.84. The lowest BCUT2D eigenvalue weighted by molar-refractivity contribution is 0.0955. The normalized spacial score (nSPS) is 12.8. The minimum Gasteiger partial charge on any atom is -0.399 e. The summed E-state index contributed by atoms with van der Waals surface area (Å²) in [5.74, 6) is 0. The van der Waals surface area contributed by atoms with Crippen LogP contribution in [0.5, 0.6) is 0 Å². The lowest BCUT2D eigenvalue weighted by Gasteiger charge is -2.08. The van der Waals surface area contributed by atoms with Crippen LogP contribution in [0.15, 0.2) is 18.2 Å². The molecule has 4 nitrogen and oxygen atoms in total. The van der Waals surface area contributed by atoms with Crippen molar-refractivity contribution in [3.8, 4) is 0 Å². The number of anilines is 2. The summed E-state index contributed by atoms with van der Waals surface area (Å²) < 4.78 is 0. The first-order chi connectivity index (χ1) is 6.11. The Bertz CT molecular complexity index is 269. The van der Waals surface area contributed by atoms with Crippen LogP contribution in [0.2, 0.25) is 0 Å². The van der Waals surface area contributed by atoms with Crippen molar-refractivity contribution in [3.05, 3.63) is 23.8 Å². The molecule has 4 heteroatoms. The van der Waals surface area contributed by atoms with Gasteiger partial charge in [0, 0.05) is 17.8 Å². The third kappa shape index (κ3) is 2.93. The SMILES string of the molecule is Nc1cc(N)cc(CC(O)CO)c1. The van der Waals surface area contributed by atoms with Crippen molar-refractivity contribution >= 4 is 11.4 Å². The zero-order valence-electron chi connectivity index (χ0n) is 7.27. The molecule has 1 unspecified atom stereocenters. The summed E-state index contributed by atoms with van der Waals surface area (Å²) >= 11 is 0. The molecule has 0 aliphatic heterocycles. The molecule has 0 amide bonds. The molecule has 0 heterocycles. The van der Waals surface area contributed by atoms with Crippen molar-refractivity contribution in [2.45, 2.75) is 12.5 Å². The van der Waals surface area contributed by atoms with E-state index in [0.29, 0.717) is 17.8 Å². The van der Waals surface area contributed by atoms with E-state index >= 15 is 0 Å². The molecule has 0 radical (unpaired) electrons. The van der Waals surface area contributed by atoms with Gasteiger partial charge in [-0.05, 0) is 23.8 Å². The Hall–Kier alpha value is -1.26. The van der Waals surface area contributed by atoms with Gasteiger partial charge in [-0.1, -0.05) is 0 Å². The van der Waals surface area contributed by atoms with Crippen molar-refractivity contribution < 1.29 is 10.2 Å². The molecule has 1 atom stereocenters. The lowest BCUT2D eigenvalue weighted by Crippen LogP contribution is -2.15. The van der Waals surface area contributed by atoms with Crippen LogP contribution < -0.4 is 11.5 Å². The number of aliphatic hydroxyl groups is 2. The molecule has 1 rings (SSSR count). The van der Waals surface area contributed by atoms with Crippen LogP contribution in [0.1, 0.15) is 5.56 Å². The first-order valence-corrected chi connectivity index (χ1v) is 4.05. The minimum absolute atomic E-state index is 0.255. The summed E-state index contributed by atoms with van der Waals surface area (Å²) in [4.78, 5) is 0. The molecule has 6 N–H and O–H groups in total. The number of hydrogen-bond donors (Lipinski definition) is 4. The van der Waals surface area contributed by atoms with Gasteiger partial charge in [0.25, 0.3) is 0 Å². The van der Waals surface area contributed by atoms with E-state index in [2.05, 4.69) is 0 Å². The van der Waals surface area contributed by atoms with Crippen LogP contribution in [0.4, 0.5) is 11.4 Å². The molecule has 0 saturated heterocycles. The van der Waals surface area contributed by atoms with Crippen LogP contribution in [0.25, 0.3) is 0 Å². The lowest BCUT2D eigenvalue weighted by atomic mass is 10.1. The second-order valence-electron chi connectivity index (χ2n) is 3.05. The van der Waals surface area contributed by atoms with E-state index in [1.807, 2.05) is 0 Å². The van der Waals surface area contributed by atoms with Crippen LogP contribution in [0, 0.1) is 0 Å². The van der Waals surface area contributed by atoms with Crippen molar-refractivity contribution in [1.82, 2.24) is 0 Å². The van der Waals surface area contributed by atoms with E-state index in [9.17, 15) is 0 Å². The number of rotatable bonds is 3. The topological polar surface area (TPSA) is 92.5 Å². The Morgan fingerprint density at radius 3 is 2.15 bits per heavy atom. The third-order valence-corrected chi connectivity index (χ3v) is 1.72. The first-order valence-electron chi connectivity index (χ1n) is 4.05. The highest BCUT2D eigenvalue weighted by Crippen LogP contribution is 2.14. The largest absolute Gasteiger partial charge is 0.399 e. The van der Waals surface area contributed by atoms with Gasteiger partial charge >= 0.3 is 0 Å². The van der Waals surface area contributed by atoms with Crippen LogP contribution in [-0.4, -0.2) is 22.9 Å². The number of benzene rings is 1. The molecule has 1 aromatic rings. The van der Waals surface area contributed by atoms with E-state index in [0.717, 1.165) is 5.56 Å². The average molecular weight is 182 g/mol. The number of aliphatic hydroxyl groups excluding tert-OH is 2. The van der Waals surface area contributed by atoms with Gasteiger partial charge in [0.2, 0.25) is 0 Å². The summed E-state index contributed by atoms with van der Waals surface area (Å²) in [6.07, 6.45) is -0.382. The third-order valence-electron chi connectivity index (χ3n) is 1.72. The van der Waals surface area contributed by atoms with Crippen LogP contribution in [0.3, 0.4) is 0 Å². The highest BCUT2D eigenvalue weighted by molar-refractivity contribution is 5.54. The maximum Gasteiger partial charge on any atom is 0.0811 e. The van der Waals surface area contributed by atoms with Gasteiger partial charge in [-0.25, -0.2) is 0 Å². The monoisotopic (exact) mass is 182 g/mol. The minimum atomic E-state index is -0.749. The fraction of sp³-hybridized carbons (Fsp3) is 0.333. The van der Waals surface area contributed by atoms with Gasteiger partial charge in [-0.2, -0.15) is 0 Å². The Balaban J connectivity index is 2.77. The van der Waals surface area contributed by atoms with E-state index in [-0.39, 0.29) is 6.61 Å². The molecule has 0 aliphatic rings. The van der Waals surface area contributed by atoms with Crippen molar-refractivity contribution in [2.24, 2.45) is 0 Å². The first kappa shape index (κ1) is 9.83. The molecule has 0 bridgehead atoms. The quantitative estimate of drug-likeness (QED) is 0.485. The van der Waals surface area contributed by atoms with E-state index in [1.165, 1.54) is 0 Å². The standard InChI is InChI=1S/C9H14N2O2/c10-7-1-6(2-8(11)4-7)3-9(13)5-12/h1-2,4,9,12-13H,3,5,10-11H2. The van der Waals surface area contributed by atoms with Crippen molar-refractivity contribution in [2.75, 3.05) is 18.1 Å². The summed E-state index contributed by atoms with van der Waals surface area (Å²) in [5, 5.41) is 17.8. The average Bonchev–Trinajstić information content (AvgIpc) is 2.02. The zero-order valence-corrected chi connectivity index (χ0v) is 7.27. The Morgan fingerprint density at radius 1 is 1.15 bits per heavy atom. The molecule has 1 aromatic carbocycles. The molecule has 0 fully saturated rings. The molecule has 0 spiro atoms. The van der Waals surface area contributed by atoms with Gasteiger partial charge in [0.05, 0.1) is 12.7 Å². The maximum absolute atomic E-state index is 9.16. The fourth-order valence-electron chi connectivity index (χ4n) is 1.20. The van der Waals surface area contributed by atoms with Crippen molar-refractivity contribution in [1.29, 1.82) is 0 Å². The maximum atomic E-state index is 9.16. The van der Waals surface area contributed by atoms with Gasteiger partial charge in [0.15, 0.2) is 0 Å². The molecular formula is C9H14N2O2. The summed E-state index contributed by atoms with van der Waals surface area (Å²) in [6.45, 7) is -0.255. The van der Waals surface area contributed by atoms with Gasteiger partial charge in [-0.3, -0.25) is 0 Å². The molecular weight excluding hydrogens is 168 g/mol. The predicted octanol–water partition coefficient (Wildman–Crippen LogP) is -0.253.